The minimum Gasteiger partial charge on any atom is -0.490 e. The molecule has 1 aliphatic carbocycles. The van der Waals surface area contributed by atoms with Crippen molar-refractivity contribution in [1.82, 2.24) is 14.3 Å². The summed E-state index contributed by atoms with van der Waals surface area (Å²) in [5.41, 5.74) is -3.69. The van der Waals surface area contributed by atoms with Gasteiger partial charge in [-0.15, -0.1) is 5.10 Å². The molecule has 0 radical (unpaired) electrons. The molecule has 1 aromatic heterocycles. The first kappa shape index (κ1) is 27.9. The number of para-hydroxylation sites is 1. The highest BCUT2D eigenvalue weighted by Crippen LogP contribution is 2.37. The number of anilines is 1. The van der Waals surface area contributed by atoms with Gasteiger partial charge in [0.1, 0.15) is 28.9 Å². The SMILES string of the molecule is C[C@H](Oc1cc(-n2nc3n(c2=O)CCCC3)c(F)cc1C(=O)Nc1c(F)cccc1C(F)(F)F)C1CCCCC1. The summed E-state index contributed by atoms with van der Waals surface area (Å²) >= 11 is 0. The van der Waals surface area contributed by atoms with Gasteiger partial charge in [0.15, 0.2) is 0 Å². The fraction of sp³-hybridized carbons (Fsp3) is 0.464. The van der Waals surface area contributed by atoms with E-state index < -0.39 is 52.3 Å². The zero-order chi connectivity index (χ0) is 28.6. The highest BCUT2D eigenvalue weighted by Gasteiger charge is 2.36. The highest BCUT2D eigenvalue weighted by atomic mass is 19.4. The molecule has 40 heavy (non-hydrogen) atoms. The van der Waals surface area contributed by atoms with E-state index in [9.17, 15) is 27.2 Å². The Hall–Kier alpha value is -3.70. The van der Waals surface area contributed by atoms with Crippen LogP contribution in [0.4, 0.5) is 27.6 Å². The lowest BCUT2D eigenvalue weighted by atomic mass is 9.86. The zero-order valence-electron chi connectivity index (χ0n) is 21.9. The number of alkyl halides is 3. The van der Waals surface area contributed by atoms with Crippen molar-refractivity contribution in [3.05, 3.63) is 69.4 Å². The standard InChI is InChI=1S/C28H29F5N4O3/c1-16(17-8-3-2-4-9-17)40-23-15-22(37-27(39)36-13-6-5-12-24(36)35-37)21(30)14-18(23)26(38)34-25-19(28(31,32)33)10-7-11-20(25)29/h7,10-11,14-17H,2-6,8-9,12-13H2,1H3,(H,34,38)/t16-/m0/s1. The third-order valence-corrected chi connectivity index (χ3v) is 7.68. The maximum absolute atomic E-state index is 15.5. The summed E-state index contributed by atoms with van der Waals surface area (Å²) in [5.74, 6) is -2.99. The number of carbonyl (C=O) groups is 1. The van der Waals surface area contributed by atoms with Crippen LogP contribution in [-0.2, 0) is 19.1 Å². The van der Waals surface area contributed by atoms with Crippen molar-refractivity contribution in [3.63, 3.8) is 0 Å². The van der Waals surface area contributed by atoms with Crippen LogP contribution in [0.5, 0.6) is 5.75 Å². The van der Waals surface area contributed by atoms with Crippen molar-refractivity contribution in [2.75, 3.05) is 5.32 Å². The summed E-state index contributed by atoms with van der Waals surface area (Å²) in [6, 6.07) is 4.25. The van der Waals surface area contributed by atoms with Gasteiger partial charge in [-0.2, -0.15) is 17.9 Å². The Morgan fingerprint density at radius 1 is 1.07 bits per heavy atom. The van der Waals surface area contributed by atoms with Gasteiger partial charge in [0.05, 0.1) is 22.9 Å². The molecular formula is C28H29F5N4O3. The molecule has 0 spiro atoms. The molecule has 2 aliphatic rings. The minimum absolute atomic E-state index is 0.143. The van der Waals surface area contributed by atoms with Crippen LogP contribution in [0.2, 0.25) is 0 Å². The number of aryl methyl sites for hydroxylation is 1. The second kappa shape index (κ2) is 11.1. The highest BCUT2D eigenvalue weighted by molar-refractivity contribution is 6.07. The van der Waals surface area contributed by atoms with Gasteiger partial charge in [-0.25, -0.2) is 13.6 Å². The number of benzene rings is 2. The Kier molecular flexibility index (Phi) is 7.70. The van der Waals surface area contributed by atoms with Gasteiger partial charge in [-0.1, -0.05) is 25.3 Å². The largest absolute Gasteiger partial charge is 0.490 e. The quantitative estimate of drug-likeness (QED) is 0.358. The fourth-order valence-electron chi connectivity index (χ4n) is 5.50. The Labute approximate surface area is 226 Å². The molecule has 1 aliphatic heterocycles. The number of halogens is 5. The maximum Gasteiger partial charge on any atom is 0.418 e. The normalized spacial score (nSPS) is 16.9. The van der Waals surface area contributed by atoms with Gasteiger partial charge in [-0.05, 0) is 56.7 Å². The molecule has 0 bridgehead atoms. The number of rotatable bonds is 6. The summed E-state index contributed by atoms with van der Waals surface area (Å²) < 4.78 is 79.1. The number of carbonyl (C=O) groups excluding carboxylic acids is 1. The van der Waals surface area contributed by atoms with E-state index in [1.54, 1.807) is 6.92 Å². The van der Waals surface area contributed by atoms with Crippen molar-refractivity contribution in [3.8, 4) is 11.4 Å². The average molecular weight is 565 g/mol. The monoisotopic (exact) mass is 564 g/mol. The predicted octanol–water partition coefficient (Wildman–Crippen LogP) is 6.27. The molecule has 1 N–H and O–H groups in total. The summed E-state index contributed by atoms with van der Waals surface area (Å²) in [6.07, 6.45) is 1.67. The van der Waals surface area contributed by atoms with Crippen LogP contribution in [0, 0.1) is 17.6 Å². The van der Waals surface area contributed by atoms with Crippen molar-refractivity contribution < 1.29 is 31.5 Å². The van der Waals surface area contributed by atoms with Crippen molar-refractivity contribution >= 4 is 11.6 Å². The molecule has 1 saturated carbocycles. The van der Waals surface area contributed by atoms with Crippen LogP contribution in [-0.4, -0.2) is 26.4 Å². The van der Waals surface area contributed by atoms with Gasteiger partial charge in [-0.3, -0.25) is 9.36 Å². The van der Waals surface area contributed by atoms with Gasteiger partial charge in [0.2, 0.25) is 0 Å². The molecule has 7 nitrogen and oxygen atoms in total. The Bertz CT molecular complexity index is 1470. The van der Waals surface area contributed by atoms with Gasteiger partial charge in [0.25, 0.3) is 5.91 Å². The third kappa shape index (κ3) is 5.48. The van der Waals surface area contributed by atoms with E-state index in [-0.39, 0.29) is 17.4 Å². The van der Waals surface area contributed by atoms with E-state index in [0.29, 0.717) is 24.9 Å². The summed E-state index contributed by atoms with van der Waals surface area (Å²) in [5, 5.41) is 6.24. The summed E-state index contributed by atoms with van der Waals surface area (Å²) in [4.78, 5) is 26.3. The van der Waals surface area contributed by atoms with E-state index in [1.807, 2.05) is 5.32 Å². The second-order valence-electron chi connectivity index (χ2n) is 10.4. The number of nitrogens with zero attached hydrogens (tertiary/aromatic N) is 3. The number of hydrogen-bond acceptors (Lipinski definition) is 4. The van der Waals surface area contributed by atoms with E-state index in [0.717, 1.165) is 73.9 Å². The van der Waals surface area contributed by atoms with E-state index in [4.69, 9.17) is 4.74 Å². The zero-order valence-corrected chi connectivity index (χ0v) is 21.9. The number of hydrogen-bond donors (Lipinski definition) is 1. The molecule has 1 atom stereocenters. The van der Waals surface area contributed by atoms with Crippen LogP contribution in [0.15, 0.2) is 35.1 Å². The summed E-state index contributed by atoms with van der Waals surface area (Å²) in [7, 11) is 0. The molecule has 3 aromatic rings. The molecule has 0 saturated heterocycles. The molecular weight excluding hydrogens is 535 g/mol. The first-order valence-corrected chi connectivity index (χ1v) is 13.4. The number of amides is 1. The number of nitrogens with one attached hydrogen (secondary N) is 1. The first-order valence-electron chi connectivity index (χ1n) is 13.4. The number of aromatic nitrogens is 3. The van der Waals surface area contributed by atoms with Crippen molar-refractivity contribution in [1.29, 1.82) is 0 Å². The molecule has 0 unspecified atom stereocenters. The molecule has 214 valence electrons. The Morgan fingerprint density at radius 2 is 1.82 bits per heavy atom. The van der Waals surface area contributed by atoms with E-state index in [1.165, 1.54) is 4.57 Å². The predicted molar refractivity (Wildman–Crippen MR) is 137 cm³/mol. The minimum atomic E-state index is -4.95. The van der Waals surface area contributed by atoms with Crippen LogP contribution in [0.1, 0.15) is 73.6 Å². The van der Waals surface area contributed by atoms with Crippen LogP contribution in [0.3, 0.4) is 0 Å². The van der Waals surface area contributed by atoms with Gasteiger partial charge < -0.3 is 10.1 Å². The molecule has 1 fully saturated rings. The lowest BCUT2D eigenvalue weighted by molar-refractivity contribution is -0.137. The molecule has 12 heteroatoms. The molecule has 2 aromatic carbocycles. The average Bonchev–Trinajstić information content (AvgIpc) is 3.26. The molecule has 1 amide bonds. The fourth-order valence-corrected chi connectivity index (χ4v) is 5.50. The Balaban J connectivity index is 1.56. The van der Waals surface area contributed by atoms with Crippen molar-refractivity contribution in [2.45, 2.75) is 77.1 Å². The number of fused-ring (bicyclic) bond motifs is 1. The first-order chi connectivity index (χ1) is 19.0. The van der Waals surface area contributed by atoms with E-state index in [2.05, 4.69) is 5.10 Å². The Morgan fingerprint density at radius 3 is 2.52 bits per heavy atom. The topological polar surface area (TPSA) is 78.2 Å². The smallest absolute Gasteiger partial charge is 0.418 e. The van der Waals surface area contributed by atoms with Crippen molar-refractivity contribution in [2.24, 2.45) is 5.92 Å². The van der Waals surface area contributed by atoms with Gasteiger partial charge in [0, 0.05) is 19.0 Å². The molecule has 2 heterocycles. The van der Waals surface area contributed by atoms with Crippen LogP contribution in [0.25, 0.3) is 5.69 Å². The third-order valence-electron chi connectivity index (χ3n) is 7.68. The van der Waals surface area contributed by atoms with Crippen LogP contribution < -0.4 is 15.7 Å². The second-order valence-corrected chi connectivity index (χ2v) is 10.4. The van der Waals surface area contributed by atoms with Crippen LogP contribution >= 0.6 is 0 Å². The number of ether oxygens (including phenoxy) is 1. The lowest BCUT2D eigenvalue weighted by Crippen LogP contribution is -2.28. The molecule has 5 rings (SSSR count). The van der Waals surface area contributed by atoms with E-state index >= 15 is 4.39 Å². The summed E-state index contributed by atoms with van der Waals surface area (Å²) in [6.45, 7) is 2.25. The lowest BCUT2D eigenvalue weighted by Gasteiger charge is -2.29. The van der Waals surface area contributed by atoms with Gasteiger partial charge >= 0.3 is 11.9 Å². The maximum atomic E-state index is 15.5.